The minimum Gasteiger partial charge on any atom is -0.496 e. The second kappa shape index (κ2) is 10.1. The van der Waals surface area contributed by atoms with Crippen LogP contribution in [0.5, 0.6) is 5.75 Å². The summed E-state index contributed by atoms with van der Waals surface area (Å²) in [4.78, 5) is 12.7. The molecule has 2 aromatic carbocycles. The highest BCUT2D eigenvalue weighted by Gasteiger charge is 2.36. The normalized spacial score (nSPS) is 21.6. The van der Waals surface area contributed by atoms with Crippen molar-refractivity contribution in [2.24, 2.45) is 5.73 Å². The first-order valence-electron chi connectivity index (χ1n) is 9.87. The van der Waals surface area contributed by atoms with E-state index < -0.39 is 0 Å². The van der Waals surface area contributed by atoms with E-state index in [1.54, 1.807) is 13.2 Å². The lowest BCUT2D eigenvalue weighted by molar-refractivity contribution is 0.0932. The van der Waals surface area contributed by atoms with E-state index in [0.29, 0.717) is 17.9 Å². The van der Waals surface area contributed by atoms with Gasteiger partial charge in [0.15, 0.2) is 0 Å². The van der Waals surface area contributed by atoms with Gasteiger partial charge in [0.1, 0.15) is 5.75 Å². The van der Waals surface area contributed by atoms with Crippen molar-refractivity contribution in [1.29, 1.82) is 0 Å². The molecule has 0 unspecified atom stereocenters. The molecule has 0 bridgehead atoms. The van der Waals surface area contributed by atoms with Crippen molar-refractivity contribution in [3.63, 3.8) is 0 Å². The highest BCUT2D eigenvalue weighted by atomic mass is 16.5. The van der Waals surface area contributed by atoms with Crippen molar-refractivity contribution in [1.82, 2.24) is 5.32 Å². The summed E-state index contributed by atoms with van der Waals surface area (Å²) in [6, 6.07) is 18.1. The Labute approximate surface area is 163 Å². The fraction of sp³-hybridized carbons (Fsp3) is 0.435. The Hall–Kier alpha value is -2.33. The van der Waals surface area contributed by atoms with E-state index in [1.165, 1.54) is 5.56 Å². The number of benzene rings is 2. The lowest BCUT2D eigenvalue weighted by Gasteiger charge is -2.40. The molecule has 4 heteroatoms. The molecule has 1 fully saturated rings. The molecule has 27 heavy (non-hydrogen) atoms. The first-order valence-corrected chi connectivity index (χ1v) is 9.87. The third-order valence-corrected chi connectivity index (χ3v) is 5.31. The fourth-order valence-corrected chi connectivity index (χ4v) is 3.73. The van der Waals surface area contributed by atoms with Crippen LogP contribution in [0.3, 0.4) is 0 Å². The SMILES string of the molecule is CC.COc1ccccc1C(=O)NCC1(c2ccccc2)CCC(N)CC1. The Morgan fingerprint density at radius 2 is 1.67 bits per heavy atom. The van der Waals surface area contributed by atoms with Crippen molar-refractivity contribution in [2.75, 3.05) is 13.7 Å². The van der Waals surface area contributed by atoms with Crippen LogP contribution in [0.25, 0.3) is 0 Å². The molecule has 1 saturated carbocycles. The summed E-state index contributed by atoms with van der Waals surface area (Å²) in [5, 5.41) is 3.14. The van der Waals surface area contributed by atoms with E-state index in [2.05, 4.69) is 29.6 Å². The summed E-state index contributed by atoms with van der Waals surface area (Å²) in [5.74, 6) is 0.502. The maximum absolute atomic E-state index is 12.7. The molecular weight excluding hydrogens is 336 g/mol. The number of para-hydroxylation sites is 1. The Balaban J connectivity index is 0.00000126. The Morgan fingerprint density at radius 1 is 1.07 bits per heavy atom. The van der Waals surface area contributed by atoms with Gasteiger partial charge in [-0.3, -0.25) is 4.79 Å². The van der Waals surface area contributed by atoms with Crippen LogP contribution in [0.15, 0.2) is 54.6 Å². The molecule has 1 aliphatic carbocycles. The van der Waals surface area contributed by atoms with E-state index in [4.69, 9.17) is 10.5 Å². The number of hydrogen-bond donors (Lipinski definition) is 2. The lowest BCUT2D eigenvalue weighted by Crippen LogP contribution is -2.45. The predicted molar refractivity (Wildman–Crippen MR) is 111 cm³/mol. The summed E-state index contributed by atoms with van der Waals surface area (Å²) in [7, 11) is 1.58. The Bertz CT molecular complexity index is 707. The van der Waals surface area contributed by atoms with Gasteiger partial charge in [-0.15, -0.1) is 0 Å². The largest absolute Gasteiger partial charge is 0.496 e. The van der Waals surface area contributed by atoms with Crippen molar-refractivity contribution >= 4 is 5.91 Å². The molecule has 3 rings (SSSR count). The van der Waals surface area contributed by atoms with Crippen LogP contribution in [-0.4, -0.2) is 25.6 Å². The number of rotatable bonds is 5. The van der Waals surface area contributed by atoms with Gasteiger partial charge in [0.05, 0.1) is 12.7 Å². The molecule has 0 radical (unpaired) electrons. The average Bonchev–Trinajstić information content (AvgIpc) is 2.75. The molecule has 0 spiro atoms. The van der Waals surface area contributed by atoms with Gasteiger partial charge >= 0.3 is 0 Å². The molecule has 0 aliphatic heterocycles. The van der Waals surface area contributed by atoms with E-state index in [1.807, 2.05) is 38.1 Å². The number of methoxy groups -OCH3 is 1. The molecule has 0 aromatic heterocycles. The van der Waals surface area contributed by atoms with Gasteiger partial charge in [-0.25, -0.2) is 0 Å². The zero-order valence-electron chi connectivity index (χ0n) is 16.7. The molecule has 0 heterocycles. The second-order valence-corrected chi connectivity index (χ2v) is 6.87. The van der Waals surface area contributed by atoms with E-state index >= 15 is 0 Å². The molecule has 0 atom stereocenters. The molecule has 146 valence electrons. The monoisotopic (exact) mass is 368 g/mol. The minimum atomic E-state index is -0.0948. The smallest absolute Gasteiger partial charge is 0.255 e. The Kier molecular flexibility index (Phi) is 7.86. The van der Waals surface area contributed by atoms with Gasteiger partial charge in [-0.2, -0.15) is 0 Å². The van der Waals surface area contributed by atoms with Gasteiger partial charge < -0.3 is 15.8 Å². The van der Waals surface area contributed by atoms with Crippen molar-refractivity contribution < 1.29 is 9.53 Å². The second-order valence-electron chi connectivity index (χ2n) is 6.87. The first kappa shape index (κ1) is 21.0. The summed E-state index contributed by atoms with van der Waals surface area (Å²) < 4.78 is 5.30. The number of ether oxygens (including phenoxy) is 1. The summed E-state index contributed by atoms with van der Waals surface area (Å²) in [6.45, 7) is 4.61. The van der Waals surface area contributed by atoms with Crippen molar-refractivity contribution in [3.8, 4) is 5.75 Å². The predicted octanol–water partition coefficient (Wildman–Crippen LogP) is 4.29. The van der Waals surface area contributed by atoms with Crippen LogP contribution in [0.2, 0.25) is 0 Å². The van der Waals surface area contributed by atoms with Gasteiger partial charge in [0, 0.05) is 18.0 Å². The van der Waals surface area contributed by atoms with Crippen LogP contribution in [-0.2, 0) is 5.41 Å². The summed E-state index contributed by atoms with van der Waals surface area (Å²) >= 11 is 0. The molecule has 3 N–H and O–H groups in total. The van der Waals surface area contributed by atoms with Gasteiger partial charge in [-0.1, -0.05) is 56.3 Å². The number of amides is 1. The summed E-state index contributed by atoms with van der Waals surface area (Å²) in [6.07, 6.45) is 3.95. The van der Waals surface area contributed by atoms with Crippen molar-refractivity contribution in [2.45, 2.75) is 51.0 Å². The molecule has 2 aromatic rings. The summed E-state index contributed by atoms with van der Waals surface area (Å²) in [5.41, 5.74) is 7.92. The number of carbonyl (C=O) groups is 1. The minimum absolute atomic E-state index is 0.0468. The number of hydrogen-bond acceptors (Lipinski definition) is 3. The fourth-order valence-electron chi connectivity index (χ4n) is 3.73. The van der Waals surface area contributed by atoms with Crippen LogP contribution >= 0.6 is 0 Å². The number of carbonyl (C=O) groups excluding carboxylic acids is 1. The van der Waals surface area contributed by atoms with Crippen LogP contribution in [0.4, 0.5) is 0 Å². The number of nitrogens with one attached hydrogen (secondary N) is 1. The molecule has 1 amide bonds. The lowest BCUT2D eigenvalue weighted by atomic mass is 9.68. The molecular formula is C23H32N2O2. The third-order valence-electron chi connectivity index (χ3n) is 5.31. The van der Waals surface area contributed by atoms with Gasteiger partial charge in [0.2, 0.25) is 0 Å². The third kappa shape index (κ3) is 5.10. The van der Waals surface area contributed by atoms with Gasteiger partial charge in [-0.05, 0) is 43.4 Å². The molecule has 4 nitrogen and oxygen atoms in total. The van der Waals surface area contributed by atoms with Crippen molar-refractivity contribution in [3.05, 3.63) is 65.7 Å². The molecule has 0 saturated heterocycles. The van der Waals surface area contributed by atoms with Crippen LogP contribution in [0.1, 0.15) is 55.5 Å². The maximum atomic E-state index is 12.7. The van der Waals surface area contributed by atoms with Crippen LogP contribution in [0, 0.1) is 0 Å². The zero-order valence-corrected chi connectivity index (χ0v) is 16.7. The van der Waals surface area contributed by atoms with Crippen LogP contribution < -0.4 is 15.8 Å². The number of nitrogens with two attached hydrogens (primary N) is 1. The van der Waals surface area contributed by atoms with E-state index in [9.17, 15) is 4.79 Å². The quantitative estimate of drug-likeness (QED) is 0.827. The van der Waals surface area contributed by atoms with Gasteiger partial charge in [0.25, 0.3) is 5.91 Å². The van der Waals surface area contributed by atoms with E-state index in [0.717, 1.165) is 25.7 Å². The maximum Gasteiger partial charge on any atom is 0.255 e. The highest BCUT2D eigenvalue weighted by Crippen LogP contribution is 2.38. The first-order chi connectivity index (χ1) is 13.1. The standard InChI is InChI=1S/C21H26N2O2.C2H6/c1-25-19-10-6-5-9-18(19)20(24)23-15-21(13-11-17(22)12-14-21)16-7-3-2-4-8-16;1-2/h2-10,17H,11-15,22H2,1H3,(H,23,24);1-2H3. The zero-order chi connectivity index (χ0) is 19.7. The molecule has 1 aliphatic rings. The Morgan fingerprint density at radius 3 is 2.30 bits per heavy atom. The topological polar surface area (TPSA) is 64.3 Å². The highest BCUT2D eigenvalue weighted by molar-refractivity contribution is 5.96. The van der Waals surface area contributed by atoms with E-state index in [-0.39, 0.29) is 17.4 Å². The average molecular weight is 369 g/mol.